The lowest BCUT2D eigenvalue weighted by Crippen LogP contribution is -2.39. The molecule has 0 saturated carbocycles. The normalized spacial score (nSPS) is 19.3. The molecule has 4 heterocycles. The van der Waals surface area contributed by atoms with E-state index in [-0.39, 0.29) is 6.10 Å². The summed E-state index contributed by atoms with van der Waals surface area (Å²) in [6.45, 7) is 2.89. The number of rotatable bonds is 4. The zero-order chi connectivity index (χ0) is 20.3. The summed E-state index contributed by atoms with van der Waals surface area (Å²) < 4.78 is 49.8. The van der Waals surface area contributed by atoms with Gasteiger partial charge in [0.2, 0.25) is 5.88 Å². The zero-order valence-electron chi connectivity index (χ0n) is 16.1. The minimum atomic E-state index is -4.36. The van der Waals surface area contributed by atoms with Gasteiger partial charge < -0.3 is 14.4 Å². The number of aromatic nitrogens is 2. The number of ether oxygens (including phenoxy) is 2. The van der Waals surface area contributed by atoms with Crippen molar-refractivity contribution >= 4 is 5.82 Å². The first-order chi connectivity index (χ1) is 14.0. The number of nitrogens with zero attached hydrogens (tertiary/aromatic N) is 3. The molecule has 0 amide bonds. The van der Waals surface area contributed by atoms with Gasteiger partial charge in [-0.25, -0.2) is 9.97 Å². The van der Waals surface area contributed by atoms with Crippen LogP contribution in [0.2, 0.25) is 0 Å². The van der Waals surface area contributed by atoms with Crippen molar-refractivity contribution in [3.63, 3.8) is 0 Å². The number of hydrogen-bond donors (Lipinski definition) is 0. The molecule has 2 aromatic heterocycles. The quantitative estimate of drug-likeness (QED) is 0.750. The summed E-state index contributed by atoms with van der Waals surface area (Å²) in [6.07, 6.45) is 1.80. The summed E-state index contributed by atoms with van der Waals surface area (Å²) in [4.78, 5) is 10.5. The van der Waals surface area contributed by atoms with Crippen LogP contribution in [0.25, 0.3) is 0 Å². The second-order valence-corrected chi connectivity index (χ2v) is 7.49. The SMILES string of the molecule is FC(F)(F)c1ccc(N2CCC(Oc3ncccc3C3CCOCC3)CC2)nc1. The lowest BCUT2D eigenvalue weighted by atomic mass is 9.92. The van der Waals surface area contributed by atoms with Gasteiger partial charge in [-0.15, -0.1) is 0 Å². The van der Waals surface area contributed by atoms with Crippen LogP contribution in [0.15, 0.2) is 36.7 Å². The second kappa shape index (κ2) is 8.57. The third kappa shape index (κ3) is 4.80. The highest BCUT2D eigenvalue weighted by atomic mass is 19.4. The second-order valence-electron chi connectivity index (χ2n) is 7.49. The van der Waals surface area contributed by atoms with E-state index >= 15 is 0 Å². The van der Waals surface area contributed by atoms with Gasteiger partial charge >= 0.3 is 6.18 Å². The Hall–Kier alpha value is -2.35. The van der Waals surface area contributed by atoms with Crippen LogP contribution in [0.3, 0.4) is 0 Å². The lowest BCUT2D eigenvalue weighted by Gasteiger charge is -2.33. The Morgan fingerprint density at radius 2 is 1.76 bits per heavy atom. The predicted molar refractivity (Wildman–Crippen MR) is 102 cm³/mol. The summed E-state index contributed by atoms with van der Waals surface area (Å²) in [5, 5.41) is 0. The van der Waals surface area contributed by atoms with Gasteiger partial charge in [-0.1, -0.05) is 6.07 Å². The number of halogens is 3. The third-order valence-electron chi connectivity index (χ3n) is 5.58. The van der Waals surface area contributed by atoms with E-state index in [0.717, 1.165) is 56.7 Å². The van der Waals surface area contributed by atoms with E-state index in [2.05, 4.69) is 16.0 Å². The van der Waals surface area contributed by atoms with Crippen molar-refractivity contribution in [3.8, 4) is 5.88 Å². The Labute approximate surface area is 167 Å². The van der Waals surface area contributed by atoms with Crippen LogP contribution in [0.5, 0.6) is 5.88 Å². The molecule has 29 heavy (non-hydrogen) atoms. The van der Waals surface area contributed by atoms with Gasteiger partial charge in [0.15, 0.2) is 0 Å². The van der Waals surface area contributed by atoms with Gasteiger partial charge in [0.25, 0.3) is 0 Å². The van der Waals surface area contributed by atoms with Crippen LogP contribution in [0.4, 0.5) is 19.0 Å². The molecule has 0 radical (unpaired) electrons. The molecule has 2 saturated heterocycles. The summed E-state index contributed by atoms with van der Waals surface area (Å²) in [5.74, 6) is 1.67. The first-order valence-corrected chi connectivity index (χ1v) is 9.98. The smallest absolute Gasteiger partial charge is 0.417 e. The topological polar surface area (TPSA) is 47.5 Å². The molecule has 2 aliphatic rings. The van der Waals surface area contributed by atoms with Crippen molar-refractivity contribution in [3.05, 3.63) is 47.8 Å². The van der Waals surface area contributed by atoms with Crippen molar-refractivity contribution < 1.29 is 22.6 Å². The molecule has 0 unspecified atom stereocenters. The van der Waals surface area contributed by atoms with Crippen LogP contribution in [-0.4, -0.2) is 42.4 Å². The average Bonchev–Trinajstić information content (AvgIpc) is 2.75. The Morgan fingerprint density at radius 1 is 1.00 bits per heavy atom. The molecule has 2 aliphatic heterocycles. The van der Waals surface area contributed by atoms with Crippen molar-refractivity contribution in [1.82, 2.24) is 9.97 Å². The fourth-order valence-corrected chi connectivity index (χ4v) is 3.92. The minimum absolute atomic E-state index is 0.0363. The molecular formula is C21H24F3N3O2. The van der Waals surface area contributed by atoms with Gasteiger partial charge in [0.1, 0.15) is 11.9 Å². The number of alkyl halides is 3. The van der Waals surface area contributed by atoms with Crippen LogP contribution < -0.4 is 9.64 Å². The maximum atomic E-state index is 12.7. The summed E-state index contributed by atoms with van der Waals surface area (Å²) >= 11 is 0. The number of piperidine rings is 1. The fraction of sp³-hybridized carbons (Fsp3) is 0.524. The van der Waals surface area contributed by atoms with E-state index < -0.39 is 11.7 Å². The Balaban J connectivity index is 1.36. The largest absolute Gasteiger partial charge is 0.474 e. The molecule has 0 spiro atoms. The average molecular weight is 407 g/mol. The molecule has 0 aliphatic carbocycles. The first kappa shape index (κ1) is 19.9. The molecule has 2 aromatic rings. The highest BCUT2D eigenvalue weighted by Crippen LogP contribution is 2.34. The highest BCUT2D eigenvalue weighted by molar-refractivity contribution is 5.40. The highest BCUT2D eigenvalue weighted by Gasteiger charge is 2.31. The van der Waals surface area contributed by atoms with Gasteiger partial charge in [0.05, 0.1) is 5.56 Å². The lowest BCUT2D eigenvalue weighted by molar-refractivity contribution is -0.137. The van der Waals surface area contributed by atoms with Crippen LogP contribution in [0, 0.1) is 0 Å². The van der Waals surface area contributed by atoms with Crippen LogP contribution >= 0.6 is 0 Å². The standard InChI is InChI=1S/C21H24F3N3O2/c22-21(23,24)16-3-4-19(26-14-16)27-10-5-17(6-11-27)29-20-18(2-1-9-25-20)15-7-12-28-13-8-15/h1-4,9,14-15,17H,5-8,10-13H2. The van der Waals surface area contributed by atoms with E-state index in [9.17, 15) is 13.2 Å². The monoisotopic (exact) mass is 407 g/mol. The third-order valence-corrected chi connectivity index (χ3v) is 5.58. The Morgan fingerprint density at radius 3 is 2.41 bits per heavy atom. The van der Waals surface area contributed by atoms with Crippen LogP contribution in [-0.2, 0) is 10.9 Å². The van der Waals surface area contributed by atoms with Gasteiger partial charge in [-0.05, 0) is 37.0 Å². The summed E-state index contributed by atoms with van der Waals surface area (Å²) in [6, 6.07) is 6.54. The van der Waals surface area contributed by atoms with Crippen molar-refractivity contribution in [2.45, 2.75) is 43.9 Å². The summed E-state index contributed by atoms with van der Waals surface area (Å²) in [7, 11) is 0. The maximum Gasteiger partial charge on any atom is 0.417 e. The molecule has 0 atom stereocenters. The zero-order valence-corrected chi connectivity index (χ0v) is 16.1. The Bertz CT molecular complexity index is 800. The van der Waals surface area contributed by atoms with Crippen LogP contribution in [0.1, 0.15) is 42.7 Å². The predicted octanol–water partition coefficient (Wildman–Crippen LogP) is 4.44. The van der Waals surface area contributed by atoms with E-state index in [1.807, 2.05) is 11.0 Å². The van der Waals surface area contributed by atoms with E-state index in [4.69, 9.17) is 9.47 Å². The number of anilines is 1. The maximum absolute atomic E-state index is 12.7. The van der Waals surface area contributed by atoms with Crippen molar-refractivity contribution in [2.75, 3.05) is 31.2 Å². The van der Waals surface area contributed by atoms with E-state index in [1.54, 1.807) is 6.20 Å². The minimum Gasteiger partial charge on any atom is -0.474 e. The number of hydrogen-bond acceptors (Lipinski definition) is 5. The molecule has 0 N–H and O–H groups in total. The van der Waals surface area contributed by atoms with E-state index in [0.29, 0.717) is 30.7 Å². The molecule has 2 fully saturated rings. The fourth-order valence-electron chi connectivity index (χ4n) is 3.92. The molecular weight excluding hydrogens is 383 g/mol. The number of pyridine rings is 2. The van der Waals surface area contributed by atoms with Gasteiger partial charge in [0, 0.05) is 57.1 Å². The molecule has 4 rings (SSSR count). The molecule has 5 nitrogen and oxygen atoms in total. The van der Waals surface area contributed by atoms with Crippen molar-refractivity contribution in [1.29, 1.82) is 0 Å². The summed E-state index contributed by atoms with van der Waals surface area (Å²) in [5.41, 5.74) is 0.415. The van der Waals surface area contributed by atoms with Gasteiger partial charge in [-0.2, -0.15) is 13.2 Å². The molecule has 0 bridgehead atoms. The molecule has 0 aromatic carbocycles. The Kier molecular flexibility index (Phi) is 5.89. The molecule has 8 heteroatoms. The van der Waals surface area contributed by atoms with Gasteiger partial charge in [-0.3, -0.25) is 0 Å². The van der Waals surface area contributed by atoms with E-state index in [1.165, 1.54) is 6.07 Å². The van der Waals surface area contributed by atoms with Crippen molar-refractivity contribution in [2.24, 2.45) is 0 Å². The molecule has 156 valence electrons. The first-order valence-electron chi connectivity index (χ1n) is 9.98.